The predicted molar refractivity (Wildman–Crippen MR) is 41.6 cm³/mol. The molecule has 12 heavy (non-hydrogen) atoms. The van der Waals surface area contributed by atoms with Crippen LogP contribution in [-0.2, 0) is 4.79 Å². The lowest BCUT2D eigenvalue weighted by Crippen LogP contribution is -2.12. The number of ketones is 1. The molecule has 1 rings (SSSR count). The fraction of sp³-hybridized carbons (Fsp3) is 0.167. The Bertz CT molecular complexity index is 388. The number of Topliss-reactive ketones (excluding diaryl/α,β-unsaturated/α-hetero) is 1. The Labute approximate surface area is 70.7 Å². The molecule has 0 fully saturated rings. The van der Waals surface area contributed by atoms with E-state index >= 15 is 0 Å². The van der Waals surface area contributed by atoms with Crippen LogP contribution in [0.5, 0.6) is 0 Å². The normalized spacial score (nSPS) is 9.75. The topological polar surface area (TPSA) is 87.2 Å². The van der Waals surface area contributed by atoms with Gasteiger partial charge < -0.3 is 10.1 Å². The Balaban J connectivity index is 3.19. The average molecular weight is 187 g/mol. The minimum absolute atomic E-state index is 0.0347. The number of carboxylic acid groups (broad SMARTS) is 1. The lowest BCUT2D eigenvalue weighted by Gasteiger charge is -1.89. The fourth-order valence-electron chi connectivity index (χ4n) is 0.718. The lowest BCUT2D eigenvalue weighted by atomic mass is 10.3. The van der Waals surface area contributed by atoms with Gasteiger partial charge in [0.2, 0.25) is 0 Å². The van der Waals surface area contributed by atoms with Gasteiger partial charge in [0, 0.05) is 5.69 Å². The standard InChI is InChI=1S/C6H5NO4S/c1-2-4(3(8)5(9)10)12-6(11)7-2/h1H3,(H,7,11)(H,9,10). The molecule has 0 aliphatic heterocycles. The molecule has 0 spiro atoms. The third kappa shape index (κ3) is 1.42. The van der Waals surface area contributed by atoms with Crippen LogP contribution in [0.4, 0.5) is 0 Å². The molecule has 1 heterocycles. The first-order valence-electron chi connectivity index (χ1n) is 2.99. The Kier molecular flexibility index (Phi) is 2.09. The molecule has 0 radical (unpaired) electrons. The van der Waals surface area contributed by atoms with Gasteiger partial charge in [0.25, 0.3) is 5.78 Å². The molecule has 2 N–H and O–H groups in total. The SMILES string of the molecule is Cc1[nH]c(=O)sc1C(=O)C(=O)O. The number of aromatic amines is 1. The third-order valence-corrected chi connectivity index (χ3v) is 2.21. The Hall–Kier alpha value is -1.43. The smallest absolute Gasteiger partial charge is 0.378 e. The number of hydrogen-bond acceptors (Lipinski definition) is 4. The molecule has 0 saturated carbocycles. The van der Waals surface area contributed by atoms with Crippen LogP contribution in [0.1, 0.15) is 15.4 Å². The van der Waals surface area contributed by atoms with E-state index in [1.54, 1.807) is 0 Å². The summed E-state index contributed by atoms with van der Waals surface area (Å²) in [6.45, 7) is 1.48. The van der Waals surface area contributed by atoms with E-state index in [2.05, 4.69) is 4.98 Å². The molecule has 5 nitrogen and oxygen atoms in total. The van der Waals surface area contributed by atoms with Gasteiger partial charge >= 0.3 is 10.8 Å². The quantitative estimate of drug-likeness (QED) is 0.504. The third-order valence-electron chi connectivity index (χ3n) is 1.23. The maximum atomic E-state index is 10.8. The van der Waals surface area contributed by atoms with Gasteiger partial charge in [-0.1, -0.05) is 11.3 Å². The number of carboxylic acids is 1. The molecule has 64 valence electrons. The van der Waals surface area contributed by atoms with E-state index in [-0.39, 0.29) is 4.88 Å². The number of aromatic nitrogens is 1. The number of hydrogen-bond donors (Lipinski definition) is 2. The second-order valence-corrected chi connectivity index (χ2v) is 3.09. The molecule has 0 amide bonds. The van der Waals surface area contributed by atoms with E-state index in [0.29, 0.717) is 17.0 Å². The van der Waals surface area contributed by atoms with E-state index in [1.165, 1.54) is 6.92 Å². The zero-order chi connectivity index (χ0) is 9.30. The summed E-state index contributed by atoms with van der Waals surface area (Å²) in [5.41, 5.74) is 0.303. The van der Waals surface area contributed by atoms with Gasteiger partial charge in [-0.2, -0.15) is 0 Å². The molecule has 0 unspecified atom stereocenters. The Morgan fingerprint density at radius 2 is 2.08 bits per heavy atom. The average Bonchev–Trinajstić information content (AvgIpc) is 2.28. The van der Waals surface area contributed by atoms with Crippen molar-refractivity contribution in [2.75, 3.05) is 0 Å². The van der Waals surface area contributed by atoms with Gasteiger partial charge in [0.05, 0.1) is 0 Å². The molecular formula is C6H5NO4S. The molecule has 0 aliphatic rings. The van der Waals surface area contributed by atoms with Gasteiger partial charge in [-0.3, -0.25) is 9.59 Å². The maximum Gasteiger partial charge on any atom is 0.378 e. The number of aliphatic carboxylic acids is 1. The van der Waals surface area contributed by atoms with Crippen molar-refractivity contribution < 1.29 is 14.7 Å². The monoisotopic (exact) mass is 187 g/mol. The number of aryl methyl sites for hydroxylation is 1. The maximum absolute atomic E-state index is 10.8. The Morgan fingerprint density at radius 1 is 1.50 bits per heavy atom. The van der Waals surface area contributed by atoms with Gasteiger partial charge in [0.15, 0.2) is 0 Å². The van der Waals surface area contributed by atoms with Crippen LogP contribution in [0, 0.1) is 6.92 Å². The van der Waals surface area contributed by atoms with E-state index in [4.69, 9.17) is 5.11 Å². The van der Waals surface area contributed by atoms with E-state index in [9.17, 15) is 14.4 Å². The number of rotatable bonds is 2. The molecular weight excluding hydrogens is 182 g/mol. The van der Waals surface area contributed by atoms with Crippen LogP contribution in [0.25, 0.3) is 0 Å². The van der Waals surface area contributed by atoms with Crippen LogP contribution in [0.2, 0.25) is 0 Å². The summed E-state index contributed by atoms with van der Waals surface area (Å²) >= 11 is 0.609. The summed E-state index contributed by atoms with van der Waals surface area (Å²) in [5, 5.41) is 8.31. The minimum atomic E-state index is -1.55. The van der Waals surface area contributed by atoms with Gasteiger partial charge in [-0.25, -0.2) is 4.79 Å². The first kappa shape index (κ1) is 8.66. The van der Waals surface area contributed by atoms with Crippen molar-refractivity contribution in [3.8, 4) is 0 Å². The van der Waals surface area contributed by atoms with Crippen LogP contribution in [-0.4, -0.2) is 21.8 Å². The number of nitrogens with one attached hydrogen (secondary N) is 1. The molecule has 0 aliphatic carbocycles. The van der Waals surface area contributed by atoms with Gasteiger partial charge in [-0.15, -0.1) is 0 Å². The molecule has 0 atom stereocenters. The first-order chi connectivity index (χ1) is 5.52. The largest absolute Gasteiger partial charge is 0.475 e. The second kappa shape index (κ2) is 2.90. The van der Waals surface area contributed by atoms with Crippen LogP contribution in [0.15, 0.2) is 4.79 Å². The molecule has 0 bridgehead atoms. The van der Waals surface area contributed by atoms with Crippen molar-refractivity contribution in [3.63, 3.8) is 0 Å². The fourth-order valence-corrected chi connectivity index (χ4v) is 1.49. The van der Waals surface area contributed by atoms with Crippen molar-refractivity contribution in [3.05, 3.63) is 20.2 Å². The molecule has 6 heteroatoms. The van der Waals surface area contributed by atoms with Gasteiger partial charge in [0.1, 0.15) is 4.88 Å². The molecule has 0 aromatic carbocycles. The minimum Gasteiger partial charge on any atom is -0.475 e. The molecule has 0 saturated heterocycles. The predicted octanol–water partition coefficient (Wildman–Crippen LogP) is 0.0121. The highest BCUT2D eigenvalue weighted by atomic mass is 32.1. The molecule has 1 aromatic rings. The lowest BCUT2D eigenvalue weighted by molar-refractivity contribution is -0.131. The number of carbonyl (C=O) groups is 2. The summed E-state index contributed by atoms with van der Waals surface area (Å²) in [7, 11) is 0. The van der Waals surface area contributed by atoms with Crippen molar-refractivity contribution >= 4 is 23.1 Å². The first-order valence-corrected chi connectivity index (χ1v) is 3.81. The van der Waals surface area contributed by atoms with E-state index in [0.717, 1.165) is 0 Å². The Morgan fingerprint density at radius 3 is 2.42 bits per heavy atom. The van der Waals surface area contributed by atoms with Crippen molar-refractivity contribution in [1.82, 2.24) is 4.98 Å². The summed E-state index contributed by atoms with van der Waals surface area (Å²) in [4.78, 5) is 33.6. The van der Waals surface area contributed by atoms with Crippen molar-refractivity contribution in [1.29, 1.82) is 0 Å². The highest BCUT2D eigenvalue weighted by molar-refractivity contribution is 7.12. The van der Waals surface area contributed by atoms with E-state index < -0.39 is 16.6 Å². The van der Waals surface area contributed by atoms with Gasteiger partial charge in [-0.05, 0) is 6.92 Å². The zero-order valence-corrected chi connectivity index (χ0v) is 6.90. The van der Waals surface area contributed by atoms with Crippen LogP contribution in [0.3, 0.4) is 0 Å². The second-order valence-electron chi connectivity index (χ2n) is 2.10. The summed E-state index contributed by atoms with van der Waals surface area (Å²) < 4.78 is 0. The number of carbonyl (C=O) groups excluding carboxylic acids is 1. The number of H-pyrrole nitrogens is 1. The van der Waals surface area contributed by atoms with Crippen LogP contribution >= 0.6 is 11.3 Å². The molecule has 1 aromatic heterocycles. The van der Waals surface area contributed by atoms with Crippen molar-refractivity contribution in [2.24, 2.45) is 0 Å². The summed E-state index contributed by atoms with van der Waals surface area (Å²) in [6, 6.07) is 0. The highest BCUT2D eigenvalue weighted by Gasteiger charge is 2.19. The van der Waals surface area contributed by atoms with E-state index in [1.807, 2.05) is 0 Å². The van der Waals surface area contributed by atoms with Crippen molar-refractivity contribution in [2.45, 2.75) is 6.92 Å². The summed E-state index contributed by atoms with van der Waals surface area (Å²) in [6.07, 6.45) is 0. The summed E-state index contributed by atoms with van der Waals surface area (Å²) in [5.74, 6) is -2.59. The van der Waals surface area contributed by atoms with Crippen LogP contribution < -0.4 is 4.87 Å². The zero-order valence-electron chi connectivity index (χ0n) is 6.08. The number of thiazole rings is 1. The highest BCUT2D eigenvalue weighted by Crippen LogP contribution is 2.08.